The van der Waals surface area contributed by atoms with Crippen LogP contribution in [0.1, 0.15) is 24.0 Å². The SMILES string of the molecule is CN1CCCN(CCCOc2cccc(-c3n[nH]c4c3Cc3ccccc3-4)c2)CC1. The Morgan fingerprint density at radius 2 is 1.97 bits per heavy atom. The van der Waals surface area contributed by atoms with Crippen LogP contribution in [-0.2, 0) is 6.42 Å². The van der Waals surface area contributed by atoms with Gasteiger partial charge in [0.1, 0.15) is 5.75 Å². The van der Waals surface area contributed by atoms with Crippen LogP contribution in [0.25, 0.3) is 22.5 Å². The van der Waals surface area contributed by atoms with Crippen molar-refractivity contribution in [3.05, 3.63) is 59.7 Å². The maximum absolute atomic E-state index is 6.09. The fraction of sp³-hybridized carbons (Fsp3) is 0.400. The summed E-state index contributed by atoms with van der Waals surface area (Å²) in [5.41, 5.74) is 7.26. The van der Waals surface area contributed by atoms with Crippen molar-refractivity contribution < 1.29 is 4.74 Å². The van der Waals surface area contributed by atoms with Crippen LogP contribution in [0.3, 0.4) is 0 Å². The van der Waals surface area contributed by atoms with Gasteiger partial charge in [-0.2, -0.15) is 5.10 Å². The van der Waals surface area contributed by atoms with E-state index in [1.54, 1.807) is 0 Å². The molecule has 5 rings (SSSR count). The van der Waals surface area contributed by atoms with Crippen LogP contribution in [0.4, 0.5) is 0 Å². The number of nitrogens with one attached hydrogen (secondary N) is 1. The first kappa shape index (κ1) is 19.3. The average Bonchev–Trinajstić information content (AvgIpc) is 3.27. The van der Waals surface area contributed by atoms with Crippen LogP contribution in [0.2, 0.25) is 0 Å². The predicted molar refractivity (Wildman–Crippen MR) is 121 cm³/mol. The molecule has 5 heteroatoms. The third-order valence-corrected chi connectivity index (χ3v) is 6.33. The summed E-state index contributed by atoms with van der Waals surface area (Å²) in [6.45, 7) is 6.60. The van der Waals surface area contributed by atoms with Gasteiger partial charge in [-0.05, 0) is 50.7 Å². The molecule has 0 amide bonds. The summed E-state index contributed by atoms with van der Waals surface area (Å²) >= 11 is 0. The molecule has 2 aromatic carbocycles. The van der Waals surface area contributed by atoms with Crippen molar-refractivity contribution in [1.82, 2.24) is 20.0 Å². The molecule has 0 spiro atoms. The molecular formula is C25H30N4O. The lowest BCUT2D eigenvalue weighted by atomic mass is 10.1. The van der Waals surface area contributed by atoms with Crippen molar-refractivity contribution in [2.24, 2.45) is 0 Å². The maximum Gasteiger partial charge on any atom is 0.119 e. The largest absolute Gasteiger partial charge is 0.494 e. The highest BCUT2D eigenvalue weighted by molar-refractivity contribution is 5.81. The van der Waals surface area contributed by atoms with E-state index in [0.29, 0.717) is 0 Å². The highest BCUT2D eigenvalue weighted by atomic mass is 16.5. The lowest BCUT2D eigenvalue weighted by Crippen LogP contribution is -2.30. The van der Waals surface area contributed by atoms with Gasteiger partial charge in [-0.25, -0.2) is 0 Å². The first-order chi connectivity index (χ1) is 14.8. The van der Waals surface area contributed by atoms with Gasteiger partial charge in [-0.15, -0.1) is 0 Å². The van der Waals surface area contributed by atoms with Crippen LogP contribution >= 0.6 is 0 Å². The van der Waals surface area contributed by atoms with Gasteiger partial charge in [0, 0.05) is 42.7 Å². The number of likely N-dealkylation sites (N-methyl/N-ethyl adjacent to an activating group) is 1. The normalized spacial score (nSPS) is 16.8. The minimum atomic E-state index is 0.750. The third-order valence-electron chi connectivity index (χ3n) is 6.33. The lowest BCUT2D eigenvalue weighted by Gasteiger charge is -2.20. The number of aromatic nitrogens is 2. The van der Waals surface area contributed by atoms with Gasteiger partial charge in [0.2, 0.25) is 0 Å². The molecule has 1 saturated heterocycles. The number of H-pyrrole nitrogens is 1. The van der Waals surface area contributed by atoms with E-state index in [0.717, 1.165) is 48.7 Å². The van der Waals surface area contributed by atoms with Gasteiger partial charge >= 0.3 is 0 Å². The molecule has 0 atom stereocenters. The summed E-state index contributed by atoms with van der Waals surface area (Å²) < 4.78 is 6.09. The van der Waals surface area contributed by atoms with Gasteiger partial charge in [0.15, 0.2) is 0 Å². The molecule has 2 aliphatic rings. The molecule has 0 radical (unpaired) electrons. The van der Waals surface area contributed by atoms with E-state index < -0.39 is 0 Å². The molecule has 5 nitrogen and oxygen atoms in total. The van der Waals surface area contributed by atoms with Crippen molar-refractivity contribution in [2.45, 2.75) is 19.3 Å². The van der Waals surface area contributed by atoms with Gasteiger partial charge in [-0.3, -0.25) is 5.10 Å². The van der Waals surface area contributed by atoms with Crippen molar-refractivity contribution in [1.29, 1.82) is 0 Å². The van der Waals surface area contributed by atoms with E-state index in [9.17, 15) is 0 Å². The molecule has 30 heavy (non-hydrogen) atoms. The number of nitrogens with zero attached hydrogens (tertiary/aromatic N) is 3. The van der Waals surface area contributed by atoms with Crippen LogP contribution in [0.15, 0.2) is 48.5 Å². The number of aromatic amines is 1. The molecule has 2 heterocycles. The standard InChI is InChI=1S/C25H30N4O/c1-28-11-5-12-29(15-14-28)13-6-16-30-21-9-4-8-20(17-21)24-23-18-19-7-2-3-10-22(19)25(23)27-26-24/h2-4,7-10,17H,5-6,11-16,18H2,1H3,(H,26,27). The van der Waals surface area contributed by atoms with Crippen molar-refractivity contribution in [2.75, 3.05) is 46.4 Å². The van der Waals surface area contributed by atoms with Gasteiger partial charge < -0.3 is 14.5 Å². The maximum atomic E-state index is 6.09. The Labute approximate surface area is 178 Å². The lowest BCUT2D eigenvalue weighted by molar-refractivity contribution is 0.237. The summed E-state index contributed by atoms with van der Waals surface area (Å²) in [6.07, 6.45) is 3.26. The molecule has 156 valence electrons. The van der Waals surface area contributed by atoms with Crippen LogP contribution < -0.4 is 4.74 Å². The summed E-state index contributed by atoms with van der Waals surface area (Å²) in [6, 6.07) is 16.9. The van der Waals surface area contributed by atoms with E-state index in [-0.39, 0.29) is 0 Å². The molecule has 1 aliphatic heterocycles. The highest BCUT2D eigenvalue weighted by Crippen LogP contribution is 2.40. The number of hydrogen-bond donors (Lipinski definition) is 1. The summed E-state index contributed by atoms with van der Waals surface area (Å²) in [5.74, 6) is 0.926. The zero-order chi connectivity index (χ0) is 20.3. The monoisotopic (exact) mass is 402 g/mol. The Morgan fingerprint density at radius 1 is 1.03 bits per heavy atom. The Balaban J connectivity index is 1.20. The zero-order valence-electron chi connectivity index (χ0n) is 17.7. The number of hydrogen-bond acceptors (Lipinski definition) is 4. The summed E-state index contributed by atoms with van der Waals surface area (Å²) in [4.78, 5) is 4.99. The quantitative estimate of drug-likeness (QED) is 0.494. The second-order valence-corrected chi connectivity index (χ2v) is 8.49. The second kappa shape index (κ2) is 8.62. The topological polar surface area (TPSA) is 44.4 Å². The van der Waals surface area contributed by atoms with Crippen LogP contribution in [-0.4, -0.2) is 66.4 Å². The zero-order valence-corrected chi connectivity index (χ0v) is 17.7. The Kier molecular flexibility index (Phi) is 5.56. The van der Waals surface area contributed by atoms with Crippen molar-refractivity contribution >= 4 is 0 Å². The number of rotatable bonds is 6. The highest BCUT2D eigenvalue weighted by Gasteiger charge is 2.24. The molecule has 1 aromatic heterocycles. The summed E-state index contributed by atoms with van der Waals surface area (Å²) in [5, 5.41) is 7.89. The average molecular weight is 403 g/mol. The van der Waals surface area contributed by atoms with Crippen LogP contribution in [0.5, 0.6) is 5.75 Å². The first-order valence-electron chi connectivity index (χ1n) is 11.1. The van der Waals surface area contributed by atoms with Gasteiger partial charge in [0.05, 0.1) is 18.0 Å². The minimum absolute atomic E-state index is 0.750. The molecule has 1 fully saturated rings. The molecule has 1 N–H and O–H groups in total. The summed E-state index contributed by atoms with van der Waals surface area (Å²) in [7, 11) is 2.22. The Bertz CT molecular complexity index is 1010. The fourth-order valence-electron chi connectivity index (χ4n) is 4.64. The van der Waals surface area contributed by atoms with E-state index in [1.807, 2.05) is 6.07 Å². The molecule has 1 aliphatic carbocycles. The number of fused-ring (bicyclic) bond motifs is 3. The first-order valence-corrected chi connectivity index (χ1v) is 11.1. The van der Waals surface area contributed by atoms with Crippen LogP contribution in [0, 0.1) is 0 Å². The van der Waals surface area contributed by atoms with E-state index in [4.69, 9.17) is 4.74 Å². The molecule has 3 aromatic rings. The fourth-order valence-corrected chi connectivity index (χ4v) is 4.64. The Hall–Kier alpha value is -2.63. The molecule has 0 unspecified atom stereocenters. The van der Waals surface area contributed by atoms with Gasteiger partial charge in [-0.1, -0.05) is 36.4 Å². The third kappa shape index (κ3) is 4.00. The second-order valence-electron chi connectivity index (χ2n) is 8.49. The van der Waals surface area contributed by atoms with E-state index in [1.165, 1.54) is 49.3 Å². The van der Waals surface area contributed by atoms with Gasteiger partial charge in [0.25, 0.3) is 0 Å². The molecule has 0 saturated carbocycles. The van der Waals surface area contributed by atoms with E-state index in [2.05, 4.69) is 69.5 Å². The van der Waals surface area contributed by atoms with Crippen molar-refractivity contribution in [3.63, 3.8) is 0 Å². The predicted octanol–water partition coefficient (Wildman–Crippen LogP) is 4.05. The minimum Gasteiger partial charge on any atom is -0.494 e. The van der Waals surface area contributed by atoms with E-state index >= 15 is 0 Å². The molecular weight excluding hydrogens is 372 g/mol. The smallest absolute Gasteiger partial charge is 0.119 e. The number of benzene rings is 2. The Morgan fingerprint density at radius 3 is 2.93 bits per heavy atom. The molecule has 0 bridgehead atoms. The number of ether oxygens (including phenoxy) is 1. The van der Waals surface area contributed by atoms with Crippen molar-refractivity contribution in [3.8, 4) is 28.3 Å².